The molecule has 1 atom stereocenters. The lowest BCUT2D eigenvalue weighted by Crippen LogP contribution is -2.20. The predicted molar refractivity (Wildman–Crippen MR) is 81.1 cm³/mol. The van der Waals surface area contributed by atoms with Crippen molar-refractivity contribution in [2.24, 2.45) is 0 Å². The number of hydrogen-bond donors (Lipinski definition) is 2. The Morgan fingerprint density at radius 1 is 1.47 bits per heavy atom. The second-order valence-corrected chi connectivity index (χ2v) is 5.38. The summed E-state index contributed by atoms with van der Waals surface area (Å²) >= 11 is 1.79. The molecule has 1 aromatic heterocycles. The van der Waals surface area contributed by atoms with E-state index in [9.17, 15) is 10.1 Å². The molecule has 0 aliphatic rings. The number of thioether (sulfide) groups is 1. The molecular formula is C12H20N4O2S. The van der Waals surface area contributed by atoms with E-state index >= 15 is 0 Å². The number of nitro groups is 1. The van der Waals surface area contributed by atoms with Gasteiger partial charge in [0.15, 0.2) is 0 Å². The van der Waals surface area contributed by atoms with E-state index in [2.05, 4.69) is 22.5 Å². The molecule has 1 rings (SSSR count). The molecule has 0 saturated heterocycles. The molecule has 0 amide bonds. The van der Waals surface area contributed by atoms with E-state index in [1.807, 2.05) is 13.8 Å². The molecule has 0 radical (unpaired) electrons. The van der Waals surface area contributed by atoms with Gasteiger partial charge in [-0.1, -0.05) is 6.92 Å². The number of nitrogens with zero attached hydrogens (tertiary/aromatic N) is 2. The molecule has 1 aromatic rings. The van der Waals surface area contributed by atoms with Crippen LogP contribution in [0.15, 0.2) is 12.1 Å². The van der Waals surface area contributed by atoms with E-state index in [1.54, 1.807) is 17.8 Å². The summed E-state index contributed by atoms with van der Waals surface area (Å²) in [6.45, 7) is 6.76. The van der Waals surface area contributed by atoms with Gasteiger partial charge in [-0.15, -0.1) is 0 Å². The first-order valence-electron chi connectivity index (χ1n) is 6.32. The minimum absolute atomic E-state index is 0.00926. The Hall–Kier alpha value is -1.50. The Kier molecular flexibility index (Phi) is 6.41. The maximum atomic E-state index is 11.0. The number of aromatic nitrogens is 1. The van der Waals surface area contributed by atoms with E-state index in [1.165, 1.54) is 6.07 Å². The van der Waals surface area contributed by atoms with Gasteiger partial charge in [0.25, 0.3) is 0 Å². The standard InChI is InChI=1S/C12H20N4O2S/c1-4-13-11-7-6-10(16(17)18)12(15-11)14-9(3)8-19-5-2/h6-7,9H,4-5,8H2,1-3H3,(H2,13,14,15). The molecule has 2 N–H and O–H groups in total. The molecule has 0 aliphatic carbocycles. The molecule has 0 bridgehead atoms. The van der Waals surface area contributed by atoms with Crippen LogP contribution in [-0.2, 0) is 0 Å². The number of rotatable bonds is 8. The van der Waals surface area contributed by atoms with Gasteiger partial charge < -0.3 is 10.6 Å². The van der Waals surface area contributed by atoms with Crippen LogP contribution in [0.2, 0.25) is 0 Å². The molecule has 1 heterocycles. The first-order chi connectivity index (χ1) is 9.08. The number of nitrogens with one attached hydrogen (secondary N) is 2. The lowest BCUT2D eigenvalue weighted by Gasteiger charge is -2.14. The van der Waals surface area contributed by atoms with Crippen LogP contribution in [0.1, 0.15) is 20.8 Å². The Morgan fingerprint density at radius 2 is 2.21 bits per heavy atom. The topological polar surface area (TPSA) is 80.1 Å². The highest BCUT2D eigenvalue weighted by Gasteiger charge is 2.17. The third kappa shape index (κ3) is 4.94. The third-order valence-electron chi connectivity index (χ3n) is 2.38. The highest BCUT2D eigenvalue weighted by Crippen LogP contribution is 2.25. The Bertz CT molecular complexity index is 428. The number of pyridine rings is 1. The van der Waals surface area contributed by atoms with Gasteiger partial charge in [0.2, 0.25) is 5.82 Å². The molecule has 7 heteroatoms. The van der Waals surface area contributed by atoms with Crippen LogP contribution in [0.3, 0.4) is 0 Å². The lowest BCUT2D eigenvalue weighted by atomic mass is 10.3. The van der Waals surface area contributed by atoms with Gasteiger partial charge in [-0.2, -0.15) is 11.8 Å². The van der Waals surface area contributed by atoms with E-state index in [4.69, 9.17) is 0 Å². The summed E-state index contributed by atoms with van der Waals surface area (Å²) in [7, 11) is 0. The van der Waals surface area contributed by atoms with Gasteiger partial charge >= 0.3 is 5.69 Å². The molecule has 6 nitrogen and oxygen atoms in total. The van der Waals surface area contributed by atoms with Crippen molar-refractivity contribution < 1.29 is 4.92 Å². The molecule has 19 heavy (non-hydrogen) atoms. The van der Waals surface area contributed by atoms with Crippen molar-refractivity contribution in [1.29, 1.82) is 0 Å². The summed E-state index contributed by atoms with van der Waals surface area (Å²) in [5.41, 5.74) is 0.00926. The van der Waals surface area contributed by atoms with Gasteiger partial charge in [0, 0.05) is 24.4 Å². The van der Waals surface area contributed by atoms with Crippen LogP contribution >= 0.6 is 11.8 Å². The fraction of sp³-hybridized carbons (Fsp3) is 0.583. The van der Waals surface area contributed by atoms with Crippen molar-refractivity contribution in [2.75, 3.05) is 28.7 Å². The van der Waals surface area contributed by atoms with Crippen molar-refractivity contribution in [3.05, 3.63) is 22.2 Å². The second-order valence-electron chi connectivity index (χ2n) is 4.06. The van der Waals surface area contributed by atoms with E-state index in [0.717, 1.165) is 18.1 Å². The van der Waals surface area contributed by atoms with Crippen LogP contribution in [-0.4, -0.2) is 34.0 Å². The predicted octanol–water partition coefficient (Wildman–Crippen LogP) is 2.98. The van der Waals surface area contributed by atoms with Crippen LogP contribution in [0.4, 0.5) is 17.3 Å². The highest BCUT2D eigenvalue weighted by atomic mass is 32.2. The van der Waals surface area contributed by atoms with Gasteiger partial charge in [-0.05, 0) is 25.7 Å². The lowest BCUT2D eigenvalue weighted by molar-refractivity contribution is -0.384. The average Bonchev–Trinajstić information content (AvgIpc) is 2.36. The maximum Gasteiger partial charge on any atom is 0.311 e. The smallest absolute Gasteiger partial charge is 0.311 e. The zero-order valence-corrected chi connectivity index (χ0v) is 12.3. The van der Waals surface area contributed by atoms with Gasteiger partial charge in [0.05, 0.1) is 4.92 Å². The zero-order valence-electron chi connectivity index (χ0n) is 11.5. The van der Waals surface area contributed by atoms with Crippen LogP contribution in [0.5, 0.6) is 0 Å². The Balaban J connectivity index is 2.87. The summed E-state index contributed by atoms with van der Waals surface area (Å²) in [6, 6.07) is 3.23. The zero-order chi connectivity index (χ0) is 14.3. The van der Waals surface area contributed by atoms with Crippen molar-refractivity contribution in [3.8, 4) is 0 Å². The summed E-state index contributed by atoms with van der Waals surface area (Å²) in [5, 5.41) is 17.1. The van der Waals surface area contributed by atoms with Crippen LogP contribution in [0.25, 0.3) is 0 Å². The summed E-state index contributed by atoms with van der Waals surface area (Å²) in [6.07, 6.45) is 0. The van der Waals surface area contributed by atoms with Crippen molar-refractivity contribution in [3.63, 3.8) is 0 Å². The highest BCUT2D eigenvalue weighted by molar-refractivity contribution is 7.99. The van der Waals surface area contributed by atoms with E-state index in [-0.39, 0.29) is 11.7 Å². The average molecular weight is 284 g/mol. The van der Waals surface area contributed by atoms with Gasteiger partial charge in [0.1, 0.15) is 5.82 Å². The third-order valence-corrected chi connectivity index (χ3v) is 3.53. The molecule has 0 spiro atoms. The fourth-order valence-corrected chi connectivity index (χ4v) is 2.23. The van der Waals surface area contributed by atoms with Crippen molar-refractivity contribution in [2.45, 2.75) is 26.8 Å². The quantitative estimate of drug-likeness (QED) is 0.564. The minimum atomic E-state index is -0.412. The SMILES string of the molecule is CCNc1ccc([N+](=O)[O-])c(NC(C)CSCC)n1. The molecule has 0 aliphatic heterocycles. The van der Waals surface area contributed by atoms with Crippen molar-refractivity contribution in [1.82, 2.24) is 4.98 Å². The second kappa shape index (κ2) is 7.83. The van der Waals surface area contributed by atoms with Crippen LogP contribution < -0.4 is 10.6 Å². The largest absolute Gasteiger partial charge is 0.370 e. The number of anilines is 2. The van der Waals surface area contributed by atoms with Crippen LogP contribution in [0, 0.1) is 10.1 Å². The molecule has 0 saturated carbocycles. The summed E-state index contributed by atoms with van der Waals surface area (Å²) in [4.78, 5) is 14.8. The molecule has 0 fully saturated rings. The first kappa shape index (κ1) is 15.6. The fourth-order valence-electron chi connectivity index (χ4n) is 1.55. The normalized spacial score (nSPS) is 11.9. The number of hydrogen-bond acceptors (Lipinski definition) is 6. The molecular weight excluding hydrogens is 264 g/mol. The summed E-state index contributed by atoms with van der Waals surface area (Å²) < 4.78 is 0. The monoisotopic (exact) mass is 284 g/mol. The first-order valence-corrected chi connectivity index (χ1v) is 7.47. The van der Waals surface area contributed by atoms with Gasteiger partial charge in [-0.3, -0.25) is 10.1 Å². The van der Waals surface area contributed by atoms with Gasteiger partial charge in [-0.25, -0.2) is 4.98 Å². The molecule has 0 aromatic carbocycles. The minimum Gasteiger partial charge on any atom is -0.370 e. The molecule has 106 valence electrons. The molecule has 1 unspecified atom stereocenters. The van der Waals surface area contributed by atoms with Crippen molar-refractivity contribution >= 4 is 29.1 Å². The van der Waals surface area contributed by atoms with E-state index in [0.29, 0.717) is 11.6 Å². The van der Waals surface area contributed by atoms with E-state index < -0.39 is 4.92 Å². The summed E-state index contributed by atoms with van der Waals surface area (Å²) in [5.74, 6) is 2.89. The maximum absolute atomic E-state index is 11.0. The Labute approximate surface area is 117 Å². The Morgan fingerprint density at radius 3 is 2.79 bits per heavy atom.